The third-order valence-corrected chi connectivity index (χ3v) is 10.2. The normalized spacial score (nSPS) is 27.9. The van der Waals surface area contributed by atoms with E-state index in [-0.39, 0.29) is 17.8 Å². The van der Waals surface area contributed by atoms with E-state index in [2.05, 4.69) is 31.0 Å². The first kappa shape index (κ1) is 30.2. The van der Waals surface area contributed by atoms with Gasteiger partial charge >= 0.3 is 5.97 Å². The molecule has 41 heavy (non-hydrogen) atoms. The van der Waals surface area contributed by atoms with Gasteiger partial charge in [-0.25, -0.2) is 0 Å². The van der Waals surface area contributed by atoms with Crippen LogP contribution in [0.25, 0.3) is 0 Å². The van der Waals surface area contributed by atoms with Gasteiger partial charge in [-0.3, -0.25) is 4.79 Å². The van der Waals surface area contributed by atoms with Crippen LogP contribution in [-0.4, -0.2) is 52.4 Å². The van der Waals surface area contributed by atoms with Gasteiger partial charge < -0.3 is 24.6 Å². The highest BCUT2D eigenvalue weighted by Gasteiger charge is 2.72. The van der Waals surface area contributed by atoms with Gasteiger partial charge in [0.25, 0.3) is 0 Å². The maximum atomic E-state index is 12.9. The van der Waals surface area contributed by atoms with Crippen molar-refractivity contribution in [1.82, 2.24) is 4.90 Å². The minimum atomic E-state index is -1.03. The molecule has 4 atom stereocenters. The molecule has 2 heterocycles. The molecule has 5 rings (SSSR count). The van der Waals surface area contributed by atoms with E-state index in [4.69, 9.17) is 9.47 Å². The van der Waals surface area contributed by atoms with Crippen molar-refractivity contribution in [3.8, 4) is 11.5 Å². The number of phenols is 1. The summed E-state index contributed by atoms with van der Waals surface area (Å²) in [6.45, 7) is 3.08. The zero-order valence-corrected chi connectivity index (χ0v) is 25.3. The number of aliphatic hydroxyl groups is 1. The Kier molecular flexibility index (Phi) is 9.81. The van der Waals surface area contributed by atoms with Gasteiger partial charge in [0.15, 0.2) is 17.6 Å². The minimum absolute atomic E-state index is 0.0466. The Morgan fingerprint density at radius 3 is 2.46 bits per heavy atom. The summed E-state index contributed by atoms with van der Waals surface area (Å²) >= 11 is 0. The number of piperidine rings is 1. The molecule has 2 aliphatic heterocycles. The Balaban J connectivity index is 1.06. The Morgan fingerprint density at radius 2 is 1.73 bits per heavy atom. The van der Waals surface area contributed by atoms with E-state index in [1.807, 2.05) is 12.1 Å². The lowest BCUT2D eigenvalue weighted by Gasteiger charge is -2.61. The number of aromatic hydroxyl groups is 1. The molecule has 6 nitrogen and oxygen atoms in total. The molecule has 1 saturated heterocycles. The maximum Gasteiger partial charge on any atom is 0.310 e. The van der Waals surface area contributed by atoms with Crippen molar-refractivity contribution in [2.75, 3.05) is 13.6 Å². The molecule has 2 N–H and O–H groups in total. The molecule has 2 aliphatic carbocycles. The van der Waals surface area contributed by atoms with E-state index >= 15 is 0 Å². The van der Waals surface area contributed by atoms with Gasteiger partial charge in [0.1, 0.15) is 5.76 Å². The Hall–Kier alpha value is -2.31. The van der Waals surface area contributed by atoms with Crippen molar-refractivity contribution < 1.29 is 24.5 Å². The molecule has 226 valence electrons. The molecule has 0 amide bonds. The monoisotopic (exact) mass is 565 g/mol. The number of allylic oxidation sites excluding steroid dienone is 2. The number of hydrogen-bond donors (Lipinski definition) is 2. The second-order valence-electron chi connectivity index (χ2n) is 12.9. The van der Waals surface area contributed by atoms with Gasteiger partial charge in [-0.2, -0.15) is 0 Å². The quantitative estimate of drug-likeness (QED) is 0.125. The molecular weight excluding hydrogens is 514 g/mol. The van der Waals surface area contributed by atoms with Crippen molar-refractivity contribution in [2.24, 2.45) is 0 Å². The van der Waals surface area contributed by atoms with Crippen molar-refractivity contribution in [3.05, 3.63) is 47.2 Å². The number of benzene rings is 1. The Bertz CT molecular complexity index is 1130. The van der Waals surface area contributed by atoms with Gasteiger partial charge in [-0.1, -0.05) is 76.5 Å². The fraction of sp³-hybridized carbons (Fsp3) is 0.686. The molecule has 0 aromatic heterocycles. The molecular formula is C35H51NO5. The third-order valence-electron chi connectivity index (χ3n) is 10.2. The molecule has 1 aromatic rings. The number of carbonyl (C=O) groups is 1. The van der Waals surface area contributed by atoms with Crippen LogP contribution in [-0.2, 0) is 21.4 Å². The highest BCUT2D eigenvalue weighted by molar-refractivity contribution is 5.71. The van der Waals surface area contributed by atoms with Crippen LogP contribution < -0.4 is 4.74 Å². The average molecular weight is 566 g/mol. The smallest absolute Gasteiger partial charge is 0.310 e. The molecule has 0 radical (unpaired) electrons. The summed E-state index contributed by atoms with van der Waals surface area (Å²) in [5, 5.41) is 22.8. The number of ether oxygens (including phenoxy) is 2. The van der Waals surface area contributed by atoms with Crippen LogP contribution in [0, 0.1) is 0 Å². The molecule has 0 unspecified atom stereocenters. The van der Waals surface area contributed by atoms with Crippen molar-refractivity contribution in [3.63, 3.8) is 0 Å². The predicted octanol–water partition coefficient (Wildman–Crippen LogP) is 7.25. The molecule has 0 saturated carbocycles. The zero-order chi connectivity index (χ0) is 28.9. The summed E-state index contributed by atoms with van der Waals surface area (Å²) in [5.74, 6) is 0.806. The standard InChI is InChI=1S/C35H51NO5/c1-3-4-5-6-7-8-9-10-11-12-13-14-15-16-17-18-30(38)40-28-21-22-35(39)29-25-26-19-20-27(37)32-31(26)34(35,33(28)41-32)23-24-36(29)2/h10-11,19-21,29,33,37,39H,3-9,12-18,22-25H2,1-2H3/b11-10-/t29-,33-,34-,35+/m0/s1. The van der Waals surface area contributed by atoms with Crippen LogP contribution in [0.2, 0.25) is 0 Å². The van der Waals surface area contributed by atoms with E-state index in [0.29, 0.717) is 37.2 Å². The zero-order valence-electron chi connectivity index (χ0n) is 25.3. The topological polar surface area (TPSA) is 79.2 Å². The second kappa shape index (κ2) is 13.3. The summed E-state index contributed by atoms with van der Waals surface area (Å²) in [6.07, 6.45) is 24.0. The van der Waals surface area contributed by atoms with E-state index in [9.17, 15) is 15.0 Å². The number of likely N-dealkylation sites (tertiary alicyclic amines) is 1. The fourth-order valence-electron chi connectivity index (χ4n) is 7.96. The van der Waals surface area contributed by atoms with Crippen LogP contribution >= 0.6 is 0 Å². The van der Waals surface area contributed by atoms with E-state index < -0.39 is 17.1 Å². The van der Waals surface area contributed by atoms with Crippen LogP contribution in [0.3, 0.4) is 0 Å². The highest BCUT2D eigenvalue weighted by atomic mass is 16.6. The summed E-state index contributed by atoms with van der Waals surface area (Å²) in [4.78, 5) is 15.1. The van der Waals surface area contributed by atoms with Crippen molar-refractivity contribution in [2.45, 2.75) is 139 Å². The van der Waals surface area contributed by atoms with Crippen LogP contribution in [0.5, 0.6) is 11.5 Å². The van der Waals surface area contributed by atoms with Gasteiger partial charge in [0, 0.05) is 24.4 Å². The predicted molar refractivity (Wildman–Crippen MR) is 162 cm³/mol. The lowest BCUT2D eigenvalue weighted by atomic mass is 9.50. The number of rotatable bonds is 16. The van der Waals surface area contributed by atoms with Gasteiger partial charge in [0.2, 0.25) is 0 Å². The number of carbonyl (C=O) groups excluding carboxylic acids is 1. The molecule has 1 spiro atoms. The first-order chi connectivity index (χ1) is 19.9. The van der Waals surface area contributed by atoms with E-state index in [0.717, 1.165) is 43.4 Å². The minimum Gasteiger partial charge on any atom is -0.504 e. The maximum absolute atomic E-state index is 12.9. The van der Waals surface area contributed by atoms with Gasteiger partial charge in [-0.05, 0) is 76.2 Å². The first-order valence-electron chi connectivity index (χ1n) is 16.4. The average Bonchev–Trinajstić information content (AvgIpc) is 3.32. The molecule has 1 aromatic carbocycles. The fourth-order valence-corrected chi connectivity index (χ4v) is 7.96. The lowest BCUT2D eigenvalue weighted by molar-refractivity contribution is -0.169. The Morgan fingerprint density at radius 1 is 1.05 bits per heavy atom. The summed E-state index contributed by atoms with van der Waals surface area (Å²) < 4.78 is 12.3. The second-order valence-corrected chi connectivity index (χ2v) is 12.9. The highest BCUT2D eigenvalue weighted by Crippen LogP contribution is 2.65. The first-order valence-corrected chi connectivity index (χ1v) is 16.4. The van der Waals surface area contributed by atoms with Crippen LogP contribution in [0.15, 0.2) is 36.1 Å². The van der Waals surface area contributed by atoms with E-state index in [1.54, 1.807) is 6.07 Å². The third kappa shape index (κ3) is 5.84. The number of phenolic OH excluding ortho intramolecular Hbond substituents is 1. The van der Waals surface area contributed by atoms with E-state index in [1.165, 1.54) is 57.8 Å². The number of nitrogens with zero attached hydrogens (tertiary/aromatic N) is 1. The lowest BCUT2D eigenvalue weighted by Crippen LogP contribution is -2.74. The number of unbranched alkanes of at least 4 members (excludes halogenated alkanes) is 11. The SMILES string of the molecule is CCCCCCCC/C=C\CCCCCCCC(=O)OC1=CC[C@@]2(O)[C@@H]3Cc4ccc(O)c5c4[C@@]2(CCN3C)[C@H]1O5. The Labute approximate surface area is 246 Å². The molecule has 2 bridgehead atoms. The van der Waals surface area contributed by atoms with Gasteiger partial charge in [-0.15, -0.1) is 0 Å². The molecule has 6 heteroatoms. The summed E-state index contributed by atoms with van der Waals surface area (Å²) in [5.41, 5.74) is 0.297. The largest absolute Gasteiger partial charge is 0.504 e. The molecule has 1 fully saturated rings. The number of esters is 1. The van der Waals surface area contributed by atoms with Gasteiger partial charge in [0.05, 0.1) is 11.0 Å². The number of likely N-dealkylation sites (N-methyl/N-ethyl adjacent to an activating group) is 1. The number of hydrogen-bond acceptors (Lipinski definition) is 6. The summed E-state index contributed by atoms with van der Waals surface area (Å²) in [6, 6.07) is 3.60. The van der Waals surface area contributed by atoms with Crippen LogP contribution in [0.4, 0.5) is 0 Å². The van der Waals surface area contributed by atoms with Crippen molar-refractivity contribution in [1.29, 1.82) is 0 Å². The summed E-state index contributed by atoms with van der Waals surface area (Å²) in [7, 11) is 2.07. The molecule has 4 aliphatic rings. The van der Waals surface area contributed by atoms with Crippen LogP contribution in [0.1, 0.15) is 121 Å². The van der Waals surface area contributed by atoms with Crippen molar-refractivity contribution >= 4 is 5.97 Å².